The number of amidine groups is 1. The van der Waals surface area contributed by atoms with E-state index in [1.807, 2.05) is 0 Å². The van der Waals surface area contributed by atoms with E-state index in [2.05, 4.69) is 9.98 Å². The summed E-state index contributed by atoms with van der Waals surface area (Å²) in [6.45, 7) is 0.845. The van der Waals surface area contributed by atoms with Crippen molar-refractivity contribution in [2.75, 3.05) is 6.67 Å². The lowest BCUT2D eigenvalue weighted by Gasteiger charge is -2.31. The van der Waals surface area contributed by atoms with E-state index in [9.17, 15) is 13.6 Å². The van der Waals surface area contributed by atoms with E-state index in [0.29, 0.717) is 28.3 Å². The van der Waals surface area contributed by atoms with Gasteiger partial charge in [0.2, 0.25) is 0 Å². The first-order chi connectivity index (χ1) is 13.3. The Labute approximate surface area is 165 Å². The minimum atomic E-state index is -1.41. The summed E-state index contributed by atoms with van der Waals surface area (Å²) in [5, 5.41) is 0.442. The third-order valence-electron chi connectivity index (χ3n) is 5.30. The Bertz CT molecular complexity index is 997. The number of aromatic nitrogens is 1. The van der Waals surface area contributed by atoms with Crippen LogP contribution in [0.2, 0.25) is 5.02 Å². The second kappa shape index (κ2) is 6.81. The van der Waals surface area contributed by atoms with Crippen LogP contribution in [-0.4, -0.2) is 29.6 Å². The summed E-state index contributed by atoms with van der Waals surface area (Å²) in [5.41, 5.74) is 5.86. The fraction of sp³-hybridized carbons (Fsp3) is 0.350. The molecule has 0 spiro atoms. The number of hydrogen-bond acceptors (Lipinski definition) is 5. The number of alkyl halides is 1. The highest BCUT2D eigenvalue weighted by Crippen LogP contribution is 2.53. The van der Waals surface area contributed by atoms with E-state index in [1.54, 1.807) is 13.0 Å². The highest BCUT2D eigenvalue weighted by Gasteiger charge is 2.60. The van der Waals surface area contributed by atoms with Crippen LogP contribution in [-0.2, 0) is 16.7 Å². The molecule has 0 radical (unpaired) electrons. The van der Waals surface area contributed by atoms with Crippen LogP contribution in [0.5, 0.6) is 0 Å². The number of pyridine rings is 1. The van der Waals surface area contributed by atoms with E-state index < -0.39 is 18.0 Å². The summed E-state index contributed by atoms with van der Waals surface area (Å²) in [7, 11) is 0. The molecule has 5 nitrogen and oxygen atoms in total. The number of halogens is 3. The van der Waals surface area contributed by atoms with Crippen molar-refractivity contribution in [2.24, 2.45) is 16.6 Å². The molecule has 2 aliphatic rings. The molecular weight excluding hydrogens is 388 g/mol. The van der Waals surface area contributed by atoms with Crippen molar-refractivity contribution in [2.45, 2.75) is 31.4 Å². The van der Waals surface area contributed by atoms with Gasteiger partial charge in [-0.05, 0) is 42.7 Å². The first kappa shape index (κ1) is 18.8. The van der Waals surface area contributed by atoms with Gasteiger partial charge in [-0.1, -0.05) is 17.7 Å². The number of ketones is 1. The number of carbonyl (C=O) groups excluding carboxylic acids is 1. The highest BCUT2D eigenvalue weighted by atomic mass is 35.5. The molecule has 0 saturated heterocycles. The largest absolute Gasteiger partial charge is 0.462 e. The molecule has 146 valence electrons. The highest BCUT2D eigenvalue weighted by molar-refractivity contribution is 6.30. The van der Waals surface area contributed by atoms with Crippen molar-refractivity contribution in [3.05, 3.63) is 63.7 Å². The van der Waals surface area contributed by atoms with Gasteiger partial charge in [0.1, 0.15) is 29.8 Å². The fourth-order valence-electron chi connectivity index (χ4n) is 3.84. The Hall–Kier alpha value is -2.54. The Morgan fingerprint density at radius 3 is 2.93 bits per heavy atom. The molecule has 1 aliphatic carbocycles. The number of hydrogen-bond donors (Lipinski definition) is 1. The molecule has 2 N–H and O–H groups in total. The molecule has 4 rings (SSSR count). The number of rotatable bonds is 5. The molecule has 2 aromatic rings. The lowest BCUT2D eigenvalue weighted by molar-refractivity contribution is 0.0987. The number of nitrogens with two attached hydrogens (primary N) is 1. The minimum absolute atomic E-state index is 0.00505. The van der Waals surface area contributed by atoms with Crippen LogP contribution < -0.4 is 5.73 Å². The second-order valence-corrected chi connectivity index (χ2v) is 7.68. The molecule has 0 unspecified atom stereocenters. The summed E-state index contributed by atoms with van der Waals surface area (Å²) in [6, 6.07) is 5.75. The van der Waals surface area contributed by atoms with Crippen molar-refractivity contribution in [1.29, 1.82) is 0 Å². The normalized spacial score (nSPS) is 25.5. The quantitative estimate of drug-likeness (QED) is 0.772. The molecule has 1 aromatic heterocycles. The van der Waals surface area contributed by atoms with Crippen LogP contribution in [0.4, 0.5) is 8.78 Å². The number of fused-ring (bicyclic) bond motifs is 1. The molecule has 3 atom stereocenters. The zero-order chi connectivity index (χ0) is 20.1. The zero-order valence-corrected chi connectivity index (χ0v) is 15.8. The van der Waals surface area contributed by atoms with Crippen molar-refractivity contribution in [3.63, 3.8) is 0 Å². The third-order valence-corrected chi connectivity index (χ3v) is 5.51. The summed E-state index contributed by atoms with van der Waals surface area (Å²) < 4.78 is 34.1. The van der Waals surface area contributed by atoms with Gasteiger partial charge >= 0.3 is 0 Å². The van der Waals surface area contributed by atoms with Crippen molar-refractivity contribution < 1.29 is 18.3 Å². The number of aryl methyl sites for hydroxylation is 1. The topological polar surface area (TPSA) is 77.6 Å². The van der Waals surface area contributed by atoms with Crippen LogP contribution in [0.3, 0.4) is 0 Å². The summed E-state index contributed by atoms with van der Waals surface area (Å²) in [6.07, 6.45) is 1.71. The summed E-state index contributed by atoms with van der Waals surface area (Å²) in [5.74, 6) is -1.09. The van der Waals surface area contributed by atoms with E-state index in [-0.39, 0.29) is 35.8 Å². The second-order valence-electron chi connectivity index (χ2n) is 7.24. The predicted octanol–water partition coefficient (Wildman–Crippen LogP) is 3.51. The molecule has 1 aromatic carbocycles. The van der Waals surface area contributed by atoms with E-state index in [0.717, 1.165) is 0 Å². The molecule has 28 heavy (non-hydrogen) atoms. The van der Waals surface area contributed by atoms with Crippen LogP contribution in [0.25, 0.3) is 0 Å². The zero-order valence-electron chi connectivity index (χ0n) is 15.1. The van der Waals surface area contributed by atoms with E-state index >= 15 is 0 Å². The maximum atomic E-state index is 14.6. The van der Waals surface area contributed by atoms with Gasteiger partial charge in [0.05, 0.1) is 5.02 Å². The van der Waals surface area contributed by atoms with Crippen LogP contribution in [0.1, 0.15) is 33.6 Å². The first-order valence-electron chi connectivity index (χ1n) is 8.86. The maximum absolute atomic E-state index is 14.6. The van der Waals surface area contributed by atoms with Crippen LogP contribution in [0, 0.1) is 18.7 Å². The smallest absolute Gasteiger partial charge is 0.283 e. The number of carbonyl (C=O) groups is 1. The van der Waals surface area contributed by atoms with Crippen molar-refractivity contribution >= 4 is 23.4 Å². The molecule has 1 saturated carbocycles. The standard InChI is InChI=1S/C20H18ClF2N3O2/c1-10-4-12(21)8-25-18(10)16(27)6-11-2-3-15(23)13(5-11)20(9-22)14-7-17(14)28-19(24)26-20/h2-5,8,14,17H,6-7,9H2,1H3,(H2,24,26)/t14-,17+,20+/m0/s1. The third kappa shape index (κ3) is 3.13. The summed E-state index contributed by atoms with van der Waals surface area (Å²) in [4.78, 5) is 20.9. The van der Waals surface area contributed by atoms with Gasteiger partial charge in [0.25, 0.3) is 6.02 Å². The van der Waals surface area contributed by atoms with Gasteiger partial charge in [0.15, 0.2) is 5.78 Å². The number of ether oxygens (including phenoxy) is 1. The SMILES string of the molecule is Cc1cc(Cl)cnc1C(=O)Cc1ccc(F)c([C@@]2(CF)N=C(N)O[C@@H]3C[C@@H]32)c1. The maximum Gasteiger partial charge on any atom is 0.283 e. The van der Waals surface area contributed by atoms with E-state index in [1.165, 1.54) is 24.4 Å². The van der Waals surface area contributed by atoms with Gasteiger partial charge in [-0.15, -0.1) is 0 Å². The number of aliphatic imine (C=N–C) groups is 1. The minimum Gasteiger partial charge on any atom is -0.462 e. The van der Waals surface area contributed by atoms with Crippen LogP contribution >= 0.6 is 11.6 Å². The number of Topliss-reactive ketones (excluding diaryl/α,β-unsaturated/α-hetero) is 1. The van der Waals surface area contributed by atoms with Crippen molar-refractivity contribution in [3.8, 4) is 0 Å². The molecule has 0 amide bonds. The summed E-state index contributed by atoms with van der Waals surface area (Å²) >= 11 is 5.88. The molecule has 1 aliphatic heterocycles. The Balaban J connectivity index is 1.68. The number of nitrogens with zero attached hydrogens (tertiary/aromatic N) is 2. The van der Waals surface area contributed by atoms with E-state index in [4.69, 9.17) is 22.1 Å². The average Bonchev–Trinajstić information content (AvgIpc) is 3.42. The molecular formula is C20H18ClF2N3O2. The van der Waals surface area contributed by atoms with Gasteiger partial charge in [-0.25, -0.2) is 13.8 Å². The predicted molar refractivity (Wildman–Crippen MR) is 101 cm³/mol. The molecule has 8 heteroatoms. The lowest BCUT2D eigenvalue weighted by Crippen LogP contribution is -2.39. The molecule has 0 bridgehead atoms. The first-order valence-corrected chi connectivity index (χ1v) is 9.24. The van der Waals surface area contributed by atoms with Gasteiger partial charge in [-0.2, -0.15) is 0 Å². The fourth-order valence-corrected chi connectivity index (χ4v) is 4.05. The van der Waals surface area contributed by atoms with Gasteiger partial charge in [-0.3, -0.25) is 9.78 Å². The average molecular weight is 406 g/mol. The van der Waals surface area contributed by atoms with Gasteiger partial charge in [0, 0.05) is 24.1 Å². The Morgan fingerprint density at radius 1 is 1.43 bits per heavy atom. The molecule has 2 heterocycles. The van der Waals surface area contributed by atoms with Crippen LogP contribution in [0.15, 0.2) is 35.5 Å². The Morgan fingerprint density at radius 2 is 2.21 bits per heavy atom. The van der Waals surface area contributed by atoms with Crippen molar-refractivity contribution in [1.82, 2.24) is 4.98 Å². The number of benzene rings is 1. The lowest BCUT2D eigenvalue weighted by atomic mass is 9.84. The monoisotopic (exact) mass is 405 g/mol. The van der Waals surface area contributed by atoms with Gasteiger partial charge < -0.3 is 10.5 Å². The Kier molecular flexibility index (Phi) is 4.57. The molecule has 1 fully saturated rings.